The summed E-state index contributed by atoms with van der Waals surface area (Å²) in [5.41, 5.74) is 2.73. The zero-order chi connectivity index (χ0) is 13.9. The Bertz CT molecular complexity index is 720. The summed E-state index contributed by atoms with van der Waals surface area (Å²) in [6.45, 7) is 0. The number of rotatable bonds is 3. The molecule has 2 aromatic carbocycles. The van der Waals surface area contributed by atoms with Crippen molar-refractivity contribution in [3.63, 3.8) is 0 Å². The Balaban J connectivity index is 2.02. The molecule has 4 nitrogen and oxygen atoms in total. The largest absolute Gasteiger partial charge is 0.508 e. The number of imidazole rings is 1. The highest BCUT2D eigenvalue weighted by Gasteiger charge is 2.10. The molecule has 0 unspecified atom stereocenters. The Labute approximate surface area is 116 Å². The van der Waals surface area contributed by atoms with Crippen molar-refractivity contribution in [2.45, 2.75) is 0 Å². The van der Waals surface area contributed by atoms with Crippen molar-refractivity contribution in [3.05, 3.63) is 54.7 Å². The second-order valence-corrected chi connectivity index (χ2v) is 4.40. The van der Waals surface area contributed by atoms with Crippen molar-refractivity contribution in [3.8, 4) is 34.1 Å². The molecule has 1 aromatic heterocycles. The average molecular weight is 266 g/mol. The Hall–Kier alpha value is -2.75. The van der Waals surface area contributed by atoms with Gasteiger partial charge in [0.2, 0.25) is 0 Å². The quantitative estimate of drug-likeness (QED) is 0.763. The van der Waals surface area contributed by atoms with Gasteiger partial charge in [-0.25, -0.2) is 4.98 Å². The molecule has 0 aliphatic rings. The number of aromatic nitrogens is 2. The van der Waals surface area contributed by atoms with Gasteiger partial charge in [0.15, 0.2) is 0 Å². The summed E-state index contributed by atoms with van der Waals surface area (Å²) in [6.07, 6.45) is 1.76. The molecule has 0 fully saturated rings. The van der Waals surface area contributed by atoms with E-state index in [1.807, 2.05) is 30.3 Å². The lowest BCUT2D eigenvalue weighted by Gasteiger charge is -2.06. The Morgan fingerprint density at radius 3 is 2.65 bits per heavy atom. The van der Waals surface area contributed by atoms with E-state index in [9.17, 15) is 5.11 Å². The molecule has 0 radical (unpaired) electrons. The van der Waals surface area contributed by atoms with Crippen LogP contribution in [0.2, 0.25) is 0 Å². The molecular weight excluding hydrogens is 252 g/mol. The standard InChI is InChI=1S/C16H14N2O2/c1-20-15-9-12(19)7-8-13(15)14-10-17-16(18-14)11-5-3-2-4-6-11/h2-10,19H,1H3,(H,17,18). The number of phenols is 1. The molecule has 0 amide bonds. The summed E-state index contributed by atoms with van der Waals surface area (Å²) in [5.74, 6) is 1.58. The second kappa shape index (κ2) is 5.09. The van der Waals surface area contributed by atoms with Gasteiger partial charge in [0, 0.05) is 17.2 Å². The molecule has 3 rings (SSSR count). The number of hydrogen-bond acceptors (Lipinski definition) is 3. The van der Waals surface area contributed by atoms with E-state index in [-0.39, 0.29) is 5.75 Å². The highest BCUT2D eigenvalue weighted by molar-refractivity contribution is 5.70. The van der Waals surface area contributed by atoms with Crippen LogP contribution in [0, 0.1) is 0 Å². The maximum atomic E-state index is 9.49. The van der Waals surface area contributed by atoms with Gasteiger partial charge in [-0.05, 0) is 12.1 Å². The van der Waals surface area contributed by atoms with Gasteiger partial charge >= 0.3 is 0 Å². The zero-order valence-electron chi connectivity index (χ0n) is 11.0. The van der Waals surface area contributed by atoms with Gasteiger partial charge in [0.1, 0.15) is 17.3 Å². The van der Waals surface area contributed by atoms with E-state index in [0.717, 1.165) is 22.6 Å². The van der Waals surface area contributed by atoms with E-state index < -0.39 is 0 Å². The number of nitrogens with one attached hydrogen (secondary N) is 1. The van der Waals surface area contributed by atoms with Crippen LogP contribution in [-0.4, -0.2) is 22.2 Å². The van der Waals surface area contributed by atoms with Crippen molar-refractivity contribution >= 4 is 0 Å². The summed E-state index contributed by atoms with van der Waals surface area (Å²) in [4.78, 5) is 7.65. The minimum absolute atomic E-state index is 0.174. The first kappa shape index (κ1) is 12.3. The van der Waals surface area contributed by atoms with Gasteiger partial charge in [-0.1, -0.05) is 30.3 Å². The fourth-order valence-electron chi connectivity index (χ4n) is 2.10. The molecule has 2 N–H and O–H groups in total. The molecule has 20 heavy (non-hydrogen) atoms. The number of phenolic OH excluding ortho intramolecular Hbond substituents is 1. The van der Waals surface area contributed by atoms with E-state index in [4.69, 9.17) is 4.74 Å². The number of nitrogens with zero attached hydrogens (tertiary/aromatic N) is 1. The monoisotopic (exact) mass is 266 g/mol. The van der Waals surface area contributed by atoms with Crippen LogP contribution in [0.3, 0.4) is 0 Å². The maximum Gasteiger partial charge on any atom is 0.137 e. The summed E-state index contributed by atoms with van der Waals surface area (Å²) in [6, 6.07) is 14.9. The molecule has 0 saturated heterocycles. The number of ether oxygens (including phenoxy) is 1. The molecule has 0 saturated carbocycles. The Kier molecular flexibility index (Phi) is 3.13. The predicted molar refractivity (Wildman–Crippen MR) is 77.7 cm³/mol. The van der Waals surface area contributed by atoms with Crippen LogP contribution in [0.15, 0.2) is 54.7 Å². The van der Waals surface area contributed by atoms with Crippen molar-refractivity contribution in [1.29, 1.82) is 0 Å². The van der Waals surface area contributed by atoms with Crippen molar-refractivity contribution in [2.24, 2.45) is 0 Å². The predicted octanol–water partition coefficient (Wildman–Crippen LogP) is 3.46. The first-order valence-electron chi connectivity index (χ1n) is 6.26. The first-order valence-corrected chi connectivity index (χ1v) is 6.26. The SMILES string of the molecule is COc1cc(O)ccc1-c1cnc(-c2ccccc2)[nH]1. The van der Waals surface area contributed by atoms with E-state index in [1.165, 1.54) is 0 Å². The molecule has 0 bridgehead atoms. The van der Waals surface area contributed by atoms with Crippen molar-refractivity contribution in [1.82, 2.24) is 9.97 Å². The third-order valence-corrected chi connectivity index (χ3v) is 3.10. The van der Waals surface area contributed by atoms with E-state index >= 15 is 0 Å². The van der Waals surface area contributed by atoms with Crippen LogP contribution in [0.25, 0.3) is 22.6 Å². The van der Waals surface area contributed by atoms with Crippen LogP contribution in [0.5, 0.6) is 11.5 Å². The molecular formula is C16H14N2O2. The van der Waals surface area contributed by atoms with E-state index in [2.05, 4.69) is 9.97 Å². The van der Waals surface area contributed by atoms with Gasteiger partial charge in [-0.3, -0.25) is 0 Å². The topological polar surface area (TPSA) is 58.1 Å². The summed E-state index contributed by atoms with van der Waals surface area (Å²) in [7, 11) is 1.58. The highest BCUT2D eigenvalue weighted by atomic mass is 16.5. The number of methoxy groups -OCH3 is 1. The highest BCUT2D eigenvalue weighted by Crippen LogP contribution is 2.32. The molecule has 0 spiro atoms. The fourth-order valence-corrected chi connectivity index (χ4v) is 2.10. The summed E-state index contributed by atoms with van der Waals surface area (Å²) >= 11 is 0. The molecule has 3 aromatic rings. The normalized spacial score (nSPS) is 10.4. The van der Waals surface area contributed by atoms with Gasteiger partial charge in [-0.15, -0.1) is 0 Å². The number of H-pyrrole nitrogens is 1. The maximum absolute atomic E-state index is 9.49. The number of aromatic hydroxyl groups is 1. The van der Waals surface area contributed by atoms with Crippen LogP contribution in [0.1, 0.15) is 0 Å². The molecule has 1 heterocycles. The number of aromatic amines is 1. The third-order valence-electron chi connectivity index (χ3n) is 3.10. The lowest BCUT2D eigenvalue weighted by Crippen LogP contribution is -1.88. The van der Waals surface area contributed by atoms with Crippen molar-refractivity contribution < 1.29 is 9.84 Å². The summed E-state index contributed by atoms with van der Waals surface area (Å²) < 4.78 is 5.29. The van der Waals surface area contributed by atoms with Gasteiger partial charge in [-0.2, -0.15) is 0 Å². The van der Waals surface area contributed by atoms with Gasteiger partial charge < -0.3 is 14.8 Å². The van der Waals surface area contributed by atoms with Gasteiger partial charge in [0.25, 0.3) is 0 Å². The zero-order valence-corrected chi connectivity index (χ0v) is 11.0. The second-order valence-electron chi connectivity index (χ2n) is 4.40. The fraction of sp³-hybridized carbons (Fsp3) is 0.0625. The smallest absolute Gasteiger partial charge is 0.137 e. The average Bonchev–Trinajstić information content (AvgIpc) is 2.97. The van der Waals surface area contributed by atoms with Crippen LogP contribution in [-0.2, 0) is 0 Å². The van der Waals surface area contributed by atoms with Crippen LogP contribution in [0.4, 0.5) is 0 Å². The first-order chi connectivity index (χ1) is 9.78. The Morgan fingerprint density at radius 2 is 1.90 bits per heavy atom. The van der Waals surface area contributed by atoms with E-state index in [1.54, 1.807) is 31.5 Å². The summed E-state index contributed by atoms with van der Waals surface area (Å²) in [5, 5.41) is 9.49. The van der Waals surface area contributed by atoms with E-state index in [0.29, 0.717) is 5.75 Å². The lowest BCUT2D eigenvalue weighted by molar-refractivity contribution is 0.409. The molecule has 4 heteroatoms. The Morgan fingerprint density at radius 1 is 1.10 bits per heavy atom. The lowest BCUT2D eigenvalue weighted by atomic mass is 10.1. The molecule has 0 aliphatic carbocycles. The molecule has 0 atom stereocenters. The van der Waals surface area contributed by atoms with Crippen LogP contribution < -0.4 is 4.74 Å². The molecule has 0 aliphatic heterocycles. The third kappa shape index (κ3) is 2.23. The number of hydrogen-bond donors (Lipinski definition) is 2. The van der Waals surface area contributed by atoms with Crippen LogP contribution >= 0.6 is 0 Å². The minimum Gasteiger partial charge on any atom is -0.508 e. The molecule has 100 valence electrons. The number of benzene rings is 2. The minimum atomic E-state index is 0.174. The van der Waals surface area contributed by atoms with Crippen molar-refractivity contribution in [2.75, 3.05) is 7.11 Å². The van der Waals surface area contributed by atoms with Gasteiger partial charge in [0.05, 0.1) is 19.0 Å².